The molecule has 0 atom stereocenters. The summed E-state index contributed by atoms with van der Waals surface area (Å²) in [7, 11) is -3.82. The molecule has 0 spiro atoms. The summed E-state index contributed by atoms with van der Waals surface area (Å²) in [6.45, 7) is 2.47. The number of pyridine rings is 1. The summed E-state index contributed by atoms with van der Waals surface area (Å²) in [6.07, 6.45) is 12.5. The first kappa shape index (κ1) is 26.0. The topological polar surface area (TPSA) is 91.5 Å². The van der Waals surface area contributed by atoms with Crippen molar-refractivity contribution in [2.75, 3.05) is 13.2 Å². The molecule has 200 valence electrons. The van der Waals surface area contributed by atoms with Gasteiger partial charge < -0.3 is 9.26 Å². The van der Waals surface area contributed by atoms with Gasteiger partial charge in [-0.3, -0.25) is 9.17 Å². The van der Waals surface area contributed by atoms with Crippen LogP contribution in [0.2, 0.25) is 10.0 Å². The minimum Gasteiger partial charge on any atom is -0.370 e. The molecule has 4 aliphatic rings. The second-order valence-corrected chi connectivity index (χ2v) is 13.2. The second-order valence-electron chi connectivity index (χ2n) is 10.8. The largest absolute Gasteiger partial charge is 0.370 e. The molecule has 2 aliphatic carbocycles. The van der Waals surface area contributed by atoms with Gasteiger partial charge in [-0.25, -0.2) is 0 Å². The predicted molar refractivity (Wildman–Crippen MR) is 145 cm³/mol. The first-order valence-electron chi connectivity index (χ1n) is 12.8. The van der Waals surface area contributed by atoms with Gasteiger partial charge in [0.15, 0.2) is 0 Å². The lowest BCUT2D eigenvalue weighted by Crippen LogP contribution is -2.52. The zero-order valence-electron chi connectivity index (χ0n) is 21.0. The van der Waals surface area contributed by atoms with Gasteiger partial charge in [-0.1, -0.05) is 58.2 Å². The van der Waals surface area contributed by atoms with Crippen molar-refractivity contribution in [3.63, 3.8) is 0 Å². The standard InChI is InChI=1S/C28H28Cl2N2O5S/c1-18-2-6-20(7-3-18)38(33,34)36-17-27-10-12-28(13-11-27,35-16-27)9-8-21-25(32-37-26(21)19-4-5-19)24-22(29)14-31-15-23(24)30/h2-3,6-9,14-15,19H,4-5,10-13,16-17H2,1H3. The van der Waals surface area contributed by atoms with E-state index in [0.29, 0.717) is 33.8 Å². The summed E-state index contributed by atoms with van der Waals surface area (Å²) < 4.78 is 43.1. The molecule has 0 amide bonds. The molecule has 2 aromatic heterocycles. The van der Waals surface area contributed by atoms with Crippen molar-refractivity contribution in [3.05, 3.63) is 69.7 Å². The van der Waals surface area contributed by atoms with Crippen LogP contribution in [0.4, 0.5) is 0 Å². The van der Waals surface area contributed by atoms with Crippen LogP contribution in [0.1, 0.15) is 61.3 Å². The SMILES string of the molecule is Cc1ccc(S(=O)(=O)OCC23CCC(C=Cc4c(-c5c(Cl)cncc5Cl)noc4C4CC4)(CC2)OC3)cc1. The van der Waals surface area contributed by atoms with Crippen molar-refractivity contribution in [2.24, 2.45) is 5.41 Å². The normalized spacial score (nSPS) is 25.3. The smallest absolute Gasteiger partial charge is 0.296 e. The summed E-state index contributed by atoms with van der Waals surface area (Å²) >= 11 is 12.9. The number of halogens is 2. The van der Waals surface area contributed by atoms with Gasteiger partial charge in [-0.05, 0) is 57.6 Å². The van der Waals surface area contributed by atoms with Crippen LogP contribution in [0.5, 0.6) is 0 Å². The molecule has 4 heterocycles. The second kappa shape index (κ2) is 9.75. The molecule has 2 saturated heterocycles. The number of hydrogen-bond acceptors (Lipinski definition) is 7. The highest BCUT2D eigenvalue weighted by Gasteiger charge is 2.49. The number of rotatable bonds is 8. The van der Waals surface area contributed by atoms with E-state index >= 15 is 0 Å². The first-order chi connectivity index (χ1) is 18.2. The average Bonchev–Trinajstić information content (AvgIpc) is 3.68. The molecule has 7 nitrogen and oxygen atoms in total. The fourth-order valence-corrected chi connectivity index (χ4v) is 6.88. The van der Waals surface area contributed by atoms with Crippen LogP contribution in [0.25, 0.3) is 17.3 Å². The lowest BCUT2D eigenvalue weighted by Gasteiger charge is -2.51. The lowest BCUT2D eigenvalue weighted by atomic mass is 9.66. The Bertz CT molecular complexity index is 1450. The highest BCUT2D eigenvalue weighted by atomic mass is 35.5. The Morgan fingerprint density at radius 2 is 1.76 bits per heavy atom. The van der Waals surface area contributed by atoms with Gasteiger partial charge >= 0.3 is 0 Å². The molecule has 1 aromatic carbocycles. The molecule has 0 N–H and O–H groups in total. The molecule has 2 aliphatic heterocycles. The highest BCUT2D eigenvalue weighted by molar-refractivity contribution is 7.86. The van der Waals surface area contributed by atoms with Crippen LogP contribution >= 0.6 is 23.2 Å². The minimum atomic E-state index is -3.82. The van der Waals surface area contributed by atoms with E-state index in [0.717, 1.165) is 55.4 Å². The van der Waals surface area contributed by atoms with E-state index in [-0.39, 0.29) is 16.9 Å². The molecule has 0 radical (unpaired) electrons. The number of benzene rings is 1. The summed E-state index contributed by atoms with van der Waals surface area (Å²) in [5.74, 6) is 1.18. The maximum atomic E-state index is 12.7. The molecule has 3 aromatic rings. The monoisotopic (exact) mass is 574 g/mol. The van der Waals surface area contributed by atoms with Gasteiger partial charge in [-0.2, -0.15) is 8.42 Å². The van der Waals surface area contributed by atoms with E-state index in [1.165, 1.54) is 0 Å². The van der Waals surface area contributed by atoms with E-state index in [9.17, 15) is 8.42 Å². The Labute approximate surface area is 232 Å². The van der Waals surface area contributed by atoms with E-state index in [4.69, 9.17) is 36.6 Å². The van der Waals surface area contributed by atoms with E-state index < -0.39 is 15.7 Å². The van der Waals surface area contributed by atoms with Gasteiger partial charge in [0.1, 0.15) is 11.5 Å². The van der Waals surface area contributed by atoms with Crippen molar-refractivity contribution < 1.29 is 21.9 Å². The Kier molecular flexibility index (Phi) is 6.68. The Balaban J connectivity index is 1.19. The molecule has 0 unspecified atom stereocenters. The molecular formula is C28H28Cl2N2O5S. The summed E-state index contributed by atoms with van der Waals surface area (Å²) in [5.41, 5.74) is 2.33. The van der Waals surface area contributed by atoms with E-state index in [1.54, 1.807) is 36.7 Å². The quantitative estimate of drug-likeness (QED) is 0.268. The van der Waals surface area contributed by atoms with Crippen LogP contribution in [0.3, 0.4) is 0 Å². The fourth-order valence-electron chi connectivity index (χ4n) is 5.33. The van der Waals surface area contributed by atoms with E-state index in [1.807, 2.05) is 13.0 Å². The van der Waals surface area contributed by atoms with Crippen molar-refractivity contribution in [1.29, 1.82) is 0 Å². The van der Waals surface area contributed by atoms with Crippen molar-refractivity contribution in [3.8, 4) is 11.3 Å². The van der Waals surface area contributed by atoms with Gasteiger partial charge in [-0.15, -0.1) is 0 Å². The molecule has 2 saturated carbocycles. The van der Waals surface area contributed by atoms with Gasteiger partial charge in [0, 0.05) is 34.9 Å². The Morgan fingerprint density at radius 3 is 2.37 bits per heavy atom. The number of ether oxygens (including phenoxy) is 1. The zero-order valence-corrected chi connectivity index (χ0v) is 23.3. The first-order valence-corrected chi connectivity index (χ1v) is 14.9. The zero-order chi connectivity index (χ0) is 26.5. The average molecular weight is 576 g/mol. The van der Waals surface area contributed by atoms with Crippen LogP contribution < -0.4 is 0 Å². The van der Waals surface area contributed by atoms with Crippen LogP contribution in [0.15, 0.2) is 52.2 Å². The lowest BCUT2D eigenvalue weighted by molar-refractivity contribution is -0.167. The maximum Gasteiger partial charge on any atom is 0.296 e. The molecule has 10 heteroatoms. The summed E-state index contributed by atoms with van der Waals surface area (Å²) in [4.78, 5) is 4.23. The van der Waals surface area contributed by atoms with Crippen molar-refractivity contribution in [2.45, 2.75) is 61.9 Å². The summed E-state index contributed by atoms with van der Waals surface area (Å²) in [6, 6.07) is 6.70. The predicted octanol–water partition coefficient (Wildman–Crippen LogP) is 6.98. The molecule has 7 rings (SSSR count). The molecule has 38 heavy (non-hydrogen) atoms. The molecule has 2 bridgehead atoms. The van der Waals surface area contributed by atoms with Crippen LogP contribution in [0, 0.1) is 12.3 Å². The Hall–Kier alpha value is -2.23. The van der Waals surface area contributed by atoms with Gasteiger partial charge in [0.25, 0.3) is 10.1 Å². The summed E-state index contributed by atoms with van der Waals surface area (Å²) in [5, 5.41) is 5.17. The van der Waals surface area contributed by atoms with Gasteiger partial charge in [0.05, 0.1) is 33.8 Å². The number of nitrogens with zero attached hydrogens (tertiary/aromatic N) is 2. The molecular weight excluding hydrogens is 547 g/mol. The van der Waals surface area contributed by atoms with Crippen LogP contribution in [-0.4, -0.2) is 37.4 Å². The van der Waals surface area contributed by atoms with Crippen molar-refractivity contribution in [1.82, 2.24) is 10.1 Å². The van der Waals surface area contributed by atoms with Crippen LogP contribution in [-0.2, 0) is 19.0 Å². The third-order valence-corrected chi connectivity index (χ3v) is 9.85. The fraction of sp³-hybridized carbons (Fsp3) is 0.429. The number of fused-ring (bicyclic) bond motifs is 3. The third kappa shape index (κ3) is 4.93. The van der Waals surface area contributed by atoms with Gasteiger partial charge in [0.2, 0.25) is 0 Å². The Morgan fingerprint density at radius 1 is 1.08 bits per heavy atom. The number of aryl methyl sites for hydroxylation is 1. The van der Waals surface area contributed by atoms with Crippen molar-refractivity contribution >= 4 is 39.4 Å². The highest BCUT2D eigenvalue weighted by Crippen LogP contribution is 2.51. The minimum absolute atomic E-state index is 0.115. The third-order valence-electron chi connectivity index (χ3n) is 8.00. The van der Waals surface area contributed by atoms with E-state index in [2.05, 4.69) is 16.2 Å². The number of hydrogen-bond donors (Lipinski definition) is 0. The number of aromatic nitrogens is 2. The maximum absolute atomic E-state index is 12.7. The molecule has 4 fully saturated rings.